The lowest BCUT2D eigenvalue weighted by molar-refractivity contribution is 0.484. The Kier molecular flexibility index (Phi) is 8.08. The van der Waals surface area contributed by atoms with Crippen molar-refractivity contribution < 1.29 is 13.0 Å². The molecule has 0 radical (unpaired) electrons. The fourth-order valence-corrected chi connectivity index (χ4v) is 4.13. The fourth-order valence-electron chi connectivity index (χ4n) is 2.84. The predicted octanol–water partition coefficient (Wildman–Crippen LogP) is 3.65. The number of amidine groups is 1. The summed E-state index contributed by atoms with van der Waals surface area (Å²) in [5, 5.41) is 24.5. The summed E-state index contributed by atoms with van der Waals surface area (Å²) in [5.74, 6) is 0.572. The number of rotatable bonds is 8. The quantitative estimate of drug-likeness (QED) is 0.248. The van der Waals surface area contributed by atoms with Crippen molar-refractivity contribution in [1.29, 1.82) is 5.26 Å². The van der Waals surface area contributed by atoms with Crippen molar-refractivity contribution in [3.8, 4) is 6.07 Å². The van der Waals surface area contributed by atoms with Gasteiger partial charge in [-0.1, -0.05) is 18.2 Å². The van der Waals surface area contributed by atoms with Gasteiger partial charge in [-0.15, -0.1) is 10.2 Å². The Morgan fingerprint density at radius 1 is 1.25 bits per heavy atom. The Balaban J connectivity index is 1.94. The lowest BCUT2D eigenvalue weighted by Crippen LogP contribution is -2.16. The molecule has 2 heterocycles. The number of aromatic nitrogens is 1. The first kappa shape index (κ1) is 24.0. The predicted molar refractivity (Wildman–Crippen MR) is 129 cm³/mol. The summed E-state index contributed by atoms with van der Waals surface area (Å²) in [6.07, 6.45) is 0. The first-order valence-electron chi connectivity index (χ1n) is 9.52. The summed E-state index contributed by atoms with van der Waals surface area (Å²) < 4.78 is 31.2. The Labute approximate surface area is 195 Å². The smallest absolute Gasteiger partial charge is 0.266 e. The van der Waals surface area contributed by atoms with Crippen LogP contribution in [0.4, 0.5) is 17.3 Å². The molecule has 0 spiro atoms. The number of hydrogen-bond acceptors (Lipinski definition) is 11. The van der Waals surface area contributed by atoms with Gasteiger partial charge in [0.15, 0.2) is 5.82 Å². The van der Waals surface area contributed by atoms with Crippen LogP contribution in [0, 0.1) is 18.3 Å². The lowest BCUT2D eigenvalue weighted by atomic mass is 10.1. The number of azo groups is 1. The number of nitrogens with one attached hydrogen (secondary N) is 2. The number of fused-ring (bicyclic) bond motifs is 1. The molecule has 1 aromatic carbocycles. The molecule has 168 valence electrons. The van der Waals surface area contributed by atoms with Gasteiger partial charge in [-0.25, -0.2) is 4.98 Å². The minimum absolute atomic E-state index is 0.102. The second-order valence-corrected chi connectivity index (χ2v) is 9.67. The van der Waals surface area contributed by atoms with Crippen LogP contribution in [0.2, 0.25) is 0 Å². The maximum Gasteiger partial charge on any atom is 0.266 e. The second kappa shape index (κ2) is 10.8. The number of thioether (sulfide) groups is 1. The topological polar surface area (TPSA) is 152 Å². The van der Waals surface area contributed by atoms with Gasteiger partial charge in [0, 0.05) is 29.3 Å². The van der Waals surface area contributed by atoms with Gasteiger partial charge in [0.2, 0.25) is 5.17 Å². The molecule has 1 aliphatic rings. The van der Waals surface area contributed by atoms with Gasteiger partial charge in [0.05, 0.1) is 17.9 Å². The molecular formula is C19H21N7O3S3. The molecule has 3 rings (SSSR count). The maximum absolute atomic E-state index is 11.1. The fraction of sp³-hybridized carbons (Fsp3) is 0.316. The van der Waals surface area contributed by atoms with E-state index in [1.807, 2.05) is 24.3 Å². The number of benzene rings is 1. The number of anilines is 2. The molecular weight excluding hydrogens is 470 g/mol. The first-order chi connectivity index (χ1) is 15.3. The first-order valence-corrected chi connectivity index (χ1v) is 12.6. The van der Waals surface area contributed by atoms with Gasteiger partial charge < -0.3 is 10.6 Å². The van der Waals surface area contributed by atoms with Crippen molar-refractivity contribution in [3.63, 3.8) is 0 Å². The monoisotopic (exact) mass is 491 g/mol. The van der Waals surface area contributed by atoms with E-state index in [9.17, 15) is 13.7 Å². The minimum atomic E-state index is -4.16. The lowest BCUT2D eigenvalue weighted by Gasteiger charge is -2.15. The van der Waals surface area contributed by atoms with E-state index in [0.29, 0.717) is 41.0 Å². The van der Waals surface area contributed by atoms with Gasteiger partial charge in [-0.05, 0) is 30.3 Å². The normalized spacial score (nSPS) is 13.4. The summed E-state index contributed by atoms with van der Waals surface area (Å²) >= 11 is 5.54. The number of pyridine rings is 1. The van der Waals surface area contributed by atoms with Crippen LogP contribution in [0.1, 0.15) is 16.7 Å². The Bertz CT molecular complexity index is 1210. The molecule has 1 aromatic heterocycles. The van der Waals surface area contributed by atoms with Crippen molar-refractivity contribution >= 4 is 57.0 Å². The van der Waals surface area contributed by atoms with E-state index in [1.54, 1.807) is 6.92 Å². The van der Waals surface area contributed by atoms with E-state index in [-0.39, 0.29) is 18.1 Å². The van der Waals surface area contributed by atoms with E-state index < -0.39 is 15.9 Å². The molecule has 2 aromatic rings. The Morgan fingerprint density at radius 3 is 2.72 bits per heavy atom. The zero-order chi connectivity index (χ0) is 23.1. The molecule has 0 atom stereocenters. The highest BCUT2D eigenvalue weighted by atomic mass is 32.2. The van der Waals surface area contributed by atoms with Crippen LogP contribution in [-0.4, -0.2) is 47.7 Å². The largest absolute Gasteiger partial charge is 0.368 e. The Morgan fingerprint density at radius 2 is 2.00 bits per heavy atom. The summed E-state index contributed by atoms with van der Waals surface area (Å²) in [4.78, 5) is 9.87. The summed E-state index contributed by atoms with van der Waals surface area (Å²) in [5.41, 5.74) is 2.21. The molecule has 0 saturated carbocycles. The SMILES string of the molecule is Cc1c(C#N)c(NCCS)nc(NCCS(=O)(=O)O)c1N=NC1=NCc2ccccc2S1. The number of nitrogens with zero attached hydrogens (tertiary/aromatic N) is 5. The molecule has 10 nitrogen and oxygen atoms in total. The molecule has 0 bridgehead atoms. The third kappa shape index (κ3) is 6.19. The molecule has 0 saturated heterocycles. The van der Waals surface area contributed by atoms with Crippen LogP contribution < -0.4 is 10.6 Å². The van der Waals surface area contributed by atoms with E-state index in [2.05, 4.69) is 49.5 Å². The highest BCUT2D eigenvalue weighted by molar-refractivity contribution is 8.14. The van der Waals surface area contributed by atoms with Crippen molar-refractivity contribution in [2.24, 2.45) is 15.2 Å². The number of thiol groups is 1. The van der Waals surface area contributed by atoms with Gasteiger partial charge in [0.1, 0.15) is 17.6 Å². The van der Waals surface area contributed by atoms with Crippen LogP contribution >= 0.6 is 24.4 Å². The molecule has 1 aliphatic heterocycles. The van der Waals surface area contributed by atoms with E-state index >= 15 is 0 Å². The molecule has 3 N–H and O–H groups in total. The average Bonchev–Trinajstić information content (AvgIpc) is 2.76. The highest BCUT2D eigenvalue weighted by Crippen LogP contribution is 2.35. The van der Waals surface area contributed by atoms with Crippen LogP contribution in [-0.2, 0) is 16.7 Å². The average molecular weight is 492 g/mol. The standard InChI is InChI=1S/C19H21N7O3S3/c1-12-14(10-20)17(21-6-8-30)24-18(22-7-9-32(27,28)29)16(12)25-26-19-23-11-13-4-2-3-5-15(13)31-19/h2-5,30H,6-9,11H2,1H3,(H2,21,22,24)(H,27,28,29). The molecule has 0 unspecified atom stereocenters. The van der Waals surface area contributed by atoms with Gasteiger partial charge >= 0.3 is 0 Å². The van der Waals surface area contributed by atoms with Gasteiger partial charge in [-0.2, -0.15) is 26.3 Å². The molecule has 0 aliphatic carbocycles. The Hall–Kier alpha value is -2.66. The molecule has 32 heavy (non-hydrogen) atoms. The zero-order valence-electron chi connectivity index (χ0n) is 17.1. The zero-order valence-corrected chi connectivity index (χ0v) is 19.6. The summed E-state index contributed by atoms with van der Waals surface area (Å²) in [7, 11) is -4.16. The van der Waals surface area contributed by atoms with Crippen LogP contribution in [0.5, 0.6) is 0 Å². The molecule has 0 amide bonds. The number of hydrogen-bond donors (Lipinski definition) is 4. The second-order valence-electron chi connectivity index (χ2n) is 6.64. The number of aliphatic imine (C=N–C) groups is 1. The number of nitriles is 1. The van der Waals surface area contributed by atoms with E-state index in [1.165, 1.54) is 11.8 Å². The van der Waals surface area contributed by atoms with Crippen molar-refractivity contribution in [1.82, 2.24) is 4.98 Å². The van der Waals surface area contributed by atoms with E-state index in [4.69, 9.17) is 4.55 Å². The van der Waals surface area contributed by atoms with Crippen LogP contribution in [0.15, 0.2) is 44.4 Å². The van der Waals surface area contributed by atoms with Crippen molar-refractivity contribution in [2.75, 3.05) is 35.2 Å². The van der Waals surface area contributed by atoms with Crippen LogP contribution in [0.25, 0.3) is 0 Å². The van der Waals surface area contributed by atoms with Gasteiger partial charge in [-0.3, -0.25) is 9.55 Å². The third-order valence-electron chi connectivity index (χ3n) is 4.38. The maximum atomic E-state index is 11.1. The third-order valence-corrected chi connectivity index (χ3v) is 6.33. The van der Waals surface area contributed by atoms with Gasteiger partial charge in [0.25, 0.3) is 10.1 Å². The van der Waals surface area contributed by atoms with E-state index in [0.717, 1.165) is 10.5 Å². The molecule has 13 heteroatoms. The van der Waals surface area contributed by atoms with Crippen LogP contribution in [0.3, 0.4) is 0 Å². The van der Waals surface area contributed by atoms with Crippen molar-refractivity contribution in [3.05, 3.63) is 41.0 Å². The summed E-state index contributed by atoms with van der Waals surface area (Å²) in [6, 6.07) is 9.99. The summed E-state index contributed by atoms with van der Waals surface area (Å²) in [6.45, 7) is 2.57. The highest BCUT2D eigenvalue weighted by Gasteiger charge is 2.19. The van der Waals surface area contributed by atoms with Crippen molar-refractivity contribution in [2.45, 2.75) is 18.4 Å². The molecule has 0 fully saturated rings. The minimum Gasteiger partial charge on any atom is -0.368 e.